The van der Waals surface area contributed by atoms with Crippen LogP contribution in [0.5, 0.6) is 0 Å². The standard InChI is InChI=1S/C17H15ClN2O3S2/c1-11-10-25-17(20-11)14(8-19)15(21)9-23-16(22)6-7-24-13-4-2-12(18)3-5-13/h2-5,10,14H,6-7,9H2,1H3/t14-/m1/s1. The number of thioether (sulfide) groups is 1. The van der Waals surface area contributed by atoms with Crippen LogP contribution in [0, 0.1) is 18.3 Å². The molecule has 0 N–H and O–H groups in total. The number of benzene rings is 1. The summed E-state index contributed by atoms with van der Waals surface area (Å²) in [5, 5.41) is 12.0. The summed E-state index contributed by atoms with van der Waals surface area (Å²) in [7, 11) is 0. The molecule has 0 spiro atoms. The third kappa shape index (κ3) is 6.16. The predicted molar refractivity (Wildman–Crippen MR) is 98.0 cm³/mol. The van der Waals surface area contributed by atoms with E-state index in [9.17, 15) is 9.59 Å². The molecule has 0 amide bonds. The number of ether oxygens (including phenoxy) is 1. The maximum atomic E-state index is 12.1. The summed E-state index contributed by atoms with van der Waals surface area (Å²) in [5.74, 6) is -1.39. The summed E-state index contributed by atoms with van der Waals surface area (Å²) in [6.07, 6.45) is 0.175. The fourth-order valence-corrected chi connectivity index (χ4v) is 3.68. The lowest BCUT2D eigenvalue weighted by Gasteiger charge is -2.07. The number of hydrogen-bond donors (Lipinski definition) is 0. The number of halogens is 1. The van der Waals surface area contributed by atoms with Crippen molar-refractivity contribution in [2.75, 3.05) is 12.4 Å². The van der Waals surface area contributed by atoms with Crippen LogP contribution in [0.1, 0.15) is 23.0 Å². The van der Waals surface area contributed by atoms with Crippen LogP contribution in [0.4, 0.5) is 0 Å². The molecule has 0 aliphatic rings. The molecule has 1 aromatic heterocycles. The van der Waals surface area contributed by atoms with Crippen molar-refractivity contribution in [2.24, 2.45) is 0 Å². The fraction of sp³-hybridized carbons (Fsp3) is 0.294. The monoisotopic (exact) mass is 394 g/mol. The minimum Gasteiger partial charge on any atom is -0.458 e. The Morgan fingerprint density at radius 1 is 1.40 bits per heavy atom. The molecule has 0 aliphatic carbocycles. The van der Waals surface area contributed by atoms with Crippen LogP contribution < -0.4 is 0 Å². The largest absolute Gasteiger partial charge is 0.458 e. The molecule has 0 fully saturated rings. The van der Waals surface area contributed by atoms with Crippen LogP contribution in [-0.2, 0) is 14.3 Å². The number of aryl methyl sites for hydroxylation is 1. The molecular weight excluding hydrogens is 380 g/mol. The number of hydrogen-bond acceptors (Lipinski definition) is 7. The highest BCUT2D eigenvalue weighted by atomic mass is 35.5. The molecule has 25 heavy (non-hydrogen) atoms. The Kier molecular flexibility index (Phi) is 7.44. The zero-order valence-electron chi connectivity index (χ0n) is 13.4. The average Bonchev–Trinajstić information content (AvgIpc) is 3.01. The number of Topliss-reactive ketones (excluding diaryl/α,β-unsaturated/α-hetero) is 1. The summed E-state index contributed by atoms with van der Waals surface area (Å²) >= 11 is 8.55. The van der Waals surface area contributed by atoms with Gasteiger partial charge in [-0.25, -0.2) is 4.98 Å². The first-order valence-electron chi connectivity index (χ1n) is 7.38. The van der Waals surface area contributed by atoms with Crippen molar-refractivity contribution in [1.82, 2.24) is 4.98 Å². The predicted octanol–water partition coefficient (Wildman–Crippen LogP) is 4.01. The smallest absolute Gasteiger partial charge is 0.307 e. The van der Waals surface area contributed by atoms with Crippen LogP contribution >= 0.6 is 34.7 Å². The van der Waals surface area contributed by atoms with Crippen LogP contribution in [0.2, 0.25) is 5.02 Å². The lowest BCUT2D eigenvalue weighted by atomic mass is 10.1. The van der Waals surface area contributed by atoms with E-state index in [1.807, 2.05) is 18.2 Å². The minimum absolute atomic E-state index is 0.175. The van der Waals surface area contributed by atoms with Crippen LogP contribution in [0.25, 0.3) is 0 Å². The lowest BCUT2D eigenvalue weighted by Crippen LogP contribution is -2.20. The number of carbonyl (C=O) groups excluding carboxylic acids is 2. The van der Waals surface area contributed by atoms with Crippen molar-refractivity contribution < 1.29 is 14.3 Å². The lowest BCUT2D eigenvalue weighted by molar-refractivity contribution is -0.147. The van der Waals surface area contributed by atoms with Gasteiger partial charge < -0.3 is 4.74 Å². The molecule has 0 saturated heterocycles. The van der Waals surface area contributed by atoms with E-state index in [2.05, 4.69) is 4.98 Å². The first kappa shape index (κ1) is 19.4. The normalized spacial score (nSPS) is 11.6. The first-order valence-corrected chi connectivity index (χ1v) is 9.62. The van der Waals surface area contributed by atoms with Crippen molar-refractivity contribution in [3.05, 3.63) is 45.4 Å². The summed E-state index contributed by atoms with van der Waals surface area (Å²) in [5.41, 5.74) is 0.754. The Labute approximate surface area is 159 Å². The second-order valence-corrected chi connectivity index (χ2v) is 7.56. The molecule has 2 rings (SSSR count). The number of carbonyl (C=O) groups is 2. The van der Waals surface area contributed by atoms with Crippen molar-refractivity contribution in [2.45, 2.75) is 24.2 Å². The highest BCUT2D eigenvalue weighted by Crippen LogP contribution is 2.22. The Morgan fingerprint density at radius 3 is 2.72 bits per heavy atom. The molecule has 1 heterocycles. The number of thiazole rings is 1. The zero-order chi connectivity index (χ0) is 18.2. The third-order valence-electron chi connectivity index (χ3n) is 3.10. The summed E-state index contributed by atoms with van der Waals surface area (Å²) in [4.78, 5) is 28.9. The number of nitrogens with zero attached hydrogens (tertiary/aromatic N) is 2. The highest BCUT2D eigenvalue weighted by Gasteiger charge is 2.24. The van der Waals surface area contributed by atoms with Crippen LogP contribution in [0.3, 0.4) is 0 Å². The molecule has 2 aromatic rings. The molecule has 8 heteroatoms. The molecule has 0 saturated carbocycles. The fourth-order valence-electron chi connectivity index (χ4n) is 1.86. The molecule has 130 valence electrons. The van der Waals surface area contributed by atoms with Gasteiger partial charge in [-0.15, -0.1) is 23.1 Å². The van der Waals surface area contributed by atoms with Crippen LogP contribution in [0.15, 0.2) is 34.5 Å². The highest BCUT2D eigenvalue weighted by molar-refractivity contribution is 7.99. The van der Waals surface area contributed by atoms with Gasteiger partial charge in [0.15, 0.2) is 18.3 Å². The van der Waals surface area contributed by atoms with Gasteiger partial charge >= 0.3 is 5.97 Å². The Balaban J connectivity index is 1.74. The minimum atomic E-state index is -0.991. The van der Waals surface area contributed by atoms with Crippen molar-refractivity contribution >= 4 is 46.5 Å². The van der Waals surface area contributed by atoms with E-state index >= 15 is 0 Å². The summed E-state index contributed by atoms with van der Waals surface area (Å²) < 4.78 is 4.97. The van der Waals surface area contributed by atoms with Gasteiger partial charge in [0.2, 0.25) is 0 Å². The van der Waals surface area contributed by atoms with E-state index in [0.29, 0.717) is 15.8 Å². The van der Waals surface area contributed by atoms with Gasteiger partial charge in [0.05, 0.1) is 12.5 Å². The quantitative estimate of drug-likeness (QED) is 0.497. The van der Waals surface area contributed by atoms with E-state index in [1.165, 1.54) is 23.1 Å². The molecule has 0 radical (unpaired) electrons. The van der Waals surface area contributed by atoms with E-state index in [0.717, 1.165) is 10.6 Å². The Hall–Kier alpha value is -1.88. The molecule has 5 nitrogen and oxygen atoms in total. The molecular formula is C17H15ClN2O3S2. The zero-order valence-corrected chi connectivity index (χ0v) is 15.8. The van der Waals surface area contributed by atoms with Gasteiger partial charge in [-0.3, -0.25) is 9.59 Å². The molecule has 0 unspecified atom stereocenters. The second kappa shape index (κ2) is 9.56. The van der Waals surface area contributed by atoms with E-state index in [-0.39, 0.29) is 6.42 Å². The maximum absolute atomic E-state index is 12.1. The van der Waals surface area contributed by atoms with Crippen molar-refractivity contribution in [3.63, 3.8) is 0 Å². The molecule has 1 atom stereocenters. The average molecular weight is 395 g/mol. The van der Waals surface area contributed by atoms with Gasteiger partial charge in [-0.2, -0.15) is 5.26 Å². The number of nitriles is 1. The van der Waals surface area contributed by atoms with Crippen LogP contribution in [-0.4, -0.2) is 29.1 Å². The molecule has 1 aromatic carbocycles. The summed E-state index contributed by atoms with van der Waals surface area (Å²) in [6.45, 7) is 1.37. The van der Waals surface area contributed by atoms with Gasteiger partial charge in [0, 0.05) is 26.7 Å². The molecule has 0 bridgehead atoms. The number of esters is 1. The Morgan fingerprint density at radius 2 is 2.12 bits per heavy atom. The van der Waals surface area contributed by atoms with Crippen molar-refractivity contribution in [1.29, 1.82) is 5.26 Å². The Bertz CT molecular complexity index is 784. The van der Waals surface area contributed by atoms with Gasteiger partial charge in [0.25, 0.3) is 0 Å². The van der Waals surface area contributed by atoms with Gasteiger partial charge in [-0.05, 0) is 31.2 Å². The molecule has 0 aliphatic heterocycles. The van der Waals surface area contributed by atoms with E-state index in [4.69, 9.17) is 21.6 Å². The van der Waals surface area contributed by atoms with E-state index in [1.54, 1.807) is 24.4 Å². The maximum Gasteiger partial charge on any atom is 0.307 e. The second-order valence-electron chi connectivity index (χ2n) is 5.07. The SMILES string of the molecule is Cc1csc([C@H](C#N)C(=O)COC(=O)CCSc2ccc(Cl)cc2)n1. The first-order chi connectivity index (χ1) is 12.0. The number of aromatic nitrogens is 1. The number of rotatable bonds is 8. The number of ketones is 1. The third-order valence-corrected chi connectivity index (χ3v) is 5.39. The van der Waals surface area contributed by atoms with Gasteiger partial charge in [0.1, 0.15) is 5.01 Å². The van der Waals surface area contributed by atoms with Crippen molar-refractivity contribution in [3.8, 4) is 6.07 Å². The summed E-state index contributed by atoms with van der Waals surface area (Å²) in [6, 6.07) is 9.22. The van der Waals surface area contributed by atoms with Gasteiger partial charge in [-0.1, -0.05) is 11.6 Å². The van der Waals surface area contributed by atoms with E-state index < -0.39 is 24.3 Å². The topological polar surface area (TPSA) is 80.0 Å².